The van der Waals surface area contributed by atoms with E-state index in [9.17, 15) is 0 Å². The molecule has 0 heterocycles. The molecule has 0 nitrogen and oxygen atoms in total. The lowest BCUT2D eigenvalue weighted by molar-refractivity contribution is 0.660. The predicted molar refractivity (Wildman–Crippen MR) is 78.0 cm³/mol. The minimum Gasteiger partial charge on any atom is -0.0651 e. The van der Waals surface area contributed by atoms with E-state index in [0.29, 0.717) is 0 Å². The zero-order chi connectivity index (χ0) is 12.8. The first kappa shape index (κ1) is 11.5. The molecule has 1 aliphatic rings. The highest BCUT2D eigenvalue weighted by Gasteiger charge is 2.34. The highest BCUT2D eigenvalue weighted by Crippen LogP contribution is 2.48. The normalized spacial score (nSPS) is 15.3. The molecule has 1 aliphatic carbocycles. The zero-order valence-electron chi connectivity index (χ0n) is 11.5. The van der Waals surface area contributed by atoms with Gasteiger partial charge in [0.2, 0.25) is 0 Å². The summed E-state index contributed by atoms with van der Waals surface area (Å²) in [6.07, 6.45) is 2.39. The molecule has 0 aromatic heterocycles. The third-order valence-electron chi connectivity index (χ3n) is 4.19. The number of aryl methyl sites for hydroxylation is 1. The van der Waals surface area contributed by atoms with E-state index in [1.165, 1.54) is 40.7 Å². The third kappa shape index (κ3) is 1.52. The number of rotatable bonds is 2. The third-order valence-corrected chi connectivity index (χ3v) is 4.19. The Morgan fingerprint density at radius 2 is 1.61 bits per heavy atom. The van der Waals surface area contributed by atoms with Gasteiger partial charge in [-0.05, 0) is 34.2 Å². The van der Waals surface area contributed by atoms with Crippen LogP contribution >= 0.6 is 0 Å². The Morgan fingerprint density at radius 1 is 0.889 bits per heavy atom. The second-order valence-corrected chi connectivity index (χ2v) is 5.80. The van der Waals surface area contributed by atoms with Crippen LogP contribution in [0.3, 0.4) is 0 Å². The summed E-state index contributed by atoms with van der Waals surface area (Å²) in [7, 11) is 0. The summed E-state index contributed by atoms with van der Waals surface area (Å²) >= 11 is 0. The molecule has 0 saturated heterocycles. The van der Waals surface area contributed by atoms with Crippen LogP contribution in [0.4, 0.5) is 0 Å². The van der Waals surface area contributed by atoms with Crippen molar-refractivity contribution in [2.45, 2.75) is 39.0 Å². The van der Waals surface area contributed by atoms with Crippen molar-refractivity contribution in [1.82, 2.24) is 0 Å². The van der Waals surface area contributed by atoms with E-state index in [4.69, 9.17) is 0 Å². The van der Waals surface area contributed by atoms with Crippen LogP contribution in [0.2, 0.25) is 0 Å². The molecular weight excluding hydrogens is 216 g/mol. The van der Waals surface area contributed by atoms with Crippen molar-refractivity contribution in [3.8, 4) is 11.1 Å². The Kier molecular flexibility index (Phi) is 2.55. The van der Waals surface area contributed by atoms with Gasteiger partial charge in [0.05, 0.1) is 0 Å². The van der Waals surface area contributed by atoms with E-state index < -0.39 is 0 Å². The highest BCUT2D eigenvalue weighted by atomic mass is 14.4. The first-order valence-electron chi connectivity index (χ1n) is 6.88. The van der Waals surface area contributed by atoms with E-state index in [2.05, 4.69) is 63.2 Å². The van der Waals surface area contributed by atoms with Crippen molar-refractivity contribution in [2.75, 3.05) is 0 Å². The minimum atomic E-state index is 0.149. The zero-order valence-corrected chi connectivity index (χ0v) is 11.5. The van der Waals surface area contributed by atoms with E-state index >= 15 is 0 Å². The van der Waals surface area contributed by atoms with Gasteiger partial charge in [0.1, 0.15) is 0 Å². The number of benzene rings is 2. The summed E-state index contributed by atoms with van der Waals surface area (Å²) in [6, 6.07) is 15.9. The molecule has 3 rings (SSSR count). The Morgan fingerprint density at radius 3 is 2.39 bits per heavy atom. The first-order valence-corrected chi connectivity index (χ1v) is 6.88. The lowest BCUT2D eigenvalue weighted by Crippen LogP contribution is -2.14. The molecule has 2 aromatic rings. The van der Waals surface area contributed by atoms with Crippen molar-refractivity contribution in [3.05, 3.63) is 59.2 Å². The van der Waals surface area contributed by atoms with Crippen molar-refractivity contribution in [3.63, 3.8) is 0 Å². The summed E-state index contributed by atoms with van der Waals surface area (Å²) in [4.78, 5) is 0. The Balaban J connectivity index is 2.23. The Bertz CT molecular complexity index is 591. The molecule has 0 spiro atoms. The van der Waals surface area contributed by atoms with Gasteiger partial charge in [-0.3, -0.25) is 0 Å². The van der Waals surface area contributed by atoms with Gasteiger partial charge >= 0.3 is 0 Å². The molecule has 0 bridgehead atoms. The van der Waals surface area contributed by atoms with Gasteiger partial charge in [-0.25, -0.2) is 0 Å². The van der Waals surface area contributed by atoms with Crippen LogP contribution in [0.5, 0.6) is 0 Å². The highest BCUT2D eigenvalue weighted by molar-refractivity contribution is 5.81. The van der Waals surface area contributed by atoms with Crippen LogP contribution in [0.15, 0.2) is 42.5 Å². The maximum Gasteiger partial charge on any atom is 0.0158 e. The fourth-order valence-electron chi connectivity index (χ4n) is 3.21. The Hall–Kier alpha value is -1.56. The topological polar surface area (TPSA) is 0 Å². The molecule has 0 fully saturated rings. The molecule has 0 amide bonds. The second kappa shape index (κ2) is 3.98. The van der Waals surface area contributed by atoms with Crippen molar-refractivity contribution >= 4 is 0 Å². The molecule has 0 aliphatic heterocycles. The molecule has 2 aromatic carbocycles. The van der Waals surface area contributed by atoms with Crippen molar-refractivity contribution < 1.29 is 0 Å². The minimum absolute atomic E-state index is 0.149. The fourth-order valence-corrected chi connectivity index (χ4v) is 3.21. The first-order chi connectivity index (χ1) is 8.64. The molecule has 92 valence electrons. The summed E-state index contributed by atoms with van der Waals surface area (Å²) in [6.45, 7) is 6.90. The predicted octanol–water partition coefficient (Wildman–Crippen LogP) is 4.95. The largest absolute Gasteiger partial charge is 0.0651 e. The van der Waals surface area contributed by atoms with Crippen LogP contribution < -0.4 is 0 Å². The van der Waals surface area contributed by atoms with Crippen molar-refractivity contribution in [1.29, 1.82) is 0 Å². The smallest absolute Gasteiger partial charge is 0.0158 e. The summed E-state index contributed by atoms with van der Waals surface area (Å²) in [5.74, 6) is 0. The average Bonchev–Trinajstić information content (AvgIpc) is 2.60. The SMILES string of the molecule is CCCc1ccc2c(c1)-c1ccccc1C2(C)C. The average molecular weight is 236 g/mol. The number of hydrogen-bond donors (Lipinski definition) is 0. The second-order valence-electron chi connectivity index (χ2n) is 5.80. The molecule has 0 saturated carbocycles. The van der Waals surface area contributed by atoms with Gasteiger partial charge in [0, 0.05) is 5.41 Å². The van der Waals surface area contributed by atoms with Crippen molar-refractivity contribution in [2.24, 2.45) is 0 Å². The molecular formula is C18H20. The maximum absolute atomic E-state index is 2.40. The lowest BCUT2D eigenvalue weighted by atomic mass is 9.82. The lowest BCUT2D eigenvalue weighted by Gasteiger charge is -2.21. The van der Waals surface area contributed by atoms with Gasteiger partial charge < -0.3 is 0 Å². The van der Waals surface area contributed by atoms with E-state index in [1.54, 1.807) is 0 Å². The van der Waals surface area contributed by atoms with Crippen LogP contribution in [-0.4, -0.2) is 0 Å². The van der Waals surface area contributed by atoms with Crippen LogP contribution in [-0.2, 0) is 11.8 Å². The summed E-state index contributed by atoms with van der Waals surface area (Å²) in [5, 5.41) is 0. The molecule has 0 N–H and O–H groups in total. The standard InChI is InChI=1S/C18H20/c1-4-7-13-10-11-17-15(12-13)14-8-5-6-9-16(14)18(17,2)3/h5-6,8-12H,4,7H2,1-3H3. The van der Waals surface area contributed by atoms with E-state index in [1.807, 2.05) is 0 Å². The molecule has 18 heavy (non-hydrogen) atoms. The van der Waals surface area contributed by atoms with Gasteiger partial charge in [-0.1, -0.05) is 69.7 Å². The van der Waals surface area contributed by atoms with Gasteiger partial charge in [0.25, 0.3) is 0 Å². The summed E-state index contributed by atoms with van der Waals surface area (Å²) in [5.41, 5.74) is 7.43. The van der Waals surface area contributed by atoms with E-state index in [-0.39, 0.29) is 5.41 Å². The van der Waals surface area contributed by atoms with Gasteiger partial charge in [-0.2, -0.15) is 0 Å². The van der Waals surface area contributed by atoms with E-state index in [0.717, 1.165) is 0 Å². The van der Waals surface area contributed by atoms with Crippen LogP contribution in [0, 0.1) is 0 Å². The quantitative estimate of drug-likeness (QED) is 0.692. The monoisotopic (exact) mass is 236 g/mol. The molecule has 0 unspecified atom stereocenters. The van der Waals surface area contributed by atoms with Gasteiger partial charge in [-0.15, -0.1) is 0 Å². The molecule has 0 radical (unpaired) electrons. The number of fused-ring (bicyclic) bond motifs is 3. The molecule has 0 heteroatoms. The van der Waals surface area contributed by atoms with Crippen LogP contribution in [0.1, 0.15) is 43.9 Å². The maximum atomic E-state index is 2.40. The number of hydrogen-bond acceptors (Lipinski definition) is 0. The van der Waals surface area contributed by atoms with Crippen LogP contribution in [0.25, 0.3) is 11.1 Å². The fraction of sp³-hybridized carbons (Fsp3) is 0.333. The Labute approximate surface area is 110 Å². The van der Waals surface area contributed by atoms with Gasteiger partial charge in [0.15, 0.2) is 0 Å². The summed E-state index contributed by atoms with van der Waals surface area (Å²) < 4.78 is 0. The molecule has 0 atom stereocenters.